The Hall–Kier alpha value is -3.00. The van der Waals surface area contributed by atoms with Gasteiger partial charge in [-0.3, -0.25) is 14.5 Å². The van der Waals surface area contributed by atoms with Gasteiger partial charge in [0.25, 0.3) is 0 Å². The second-order valence-electron chi connectivity index (χ2n) is 8.97. The summed E-state index contributed by atoms with van der Waals surface area (Å²) < 4.78 is 0. The van der Waals surface area contributed by atoms with Gasteiger partial charge in [0.1, 0.15) is 0 Å². The van der Waals surface area contributed by atoms with E-state index in [0.717, 1.165) is 62.3 Å². The largest absolute Gasteiger partial charge is 0.366 e. The fourth-order valence-corrected chi connectivity index (χ4v) is 4.61. The normalized spacial score (nSPS) is 19.2. The number of nitrogens with two attached hydrogens (primary N) is 1. The average Bonchev–Trinajstić information content (AvgIpc) is 3.27. The van der Waals surface area contributed by atoms with Crippen molar-refractivity contribution < 1.29 is 9.59 Å². The van der Waals surface area contributed by atoms with Gasteiger partial charge < -0.3 is 15.5 Å². The Balaban J connectivity index is 1.57. The van der Waals surface area contributed by atoms with Crippen molar-refractivity contribution >= 4 is 17.8 Å². The van der Waals surface area contributed by atoms with Gasteiger partial charge in [-0.15, -0.1) is 0 Å². The van der Waals surface area contributed by atoms with Gasteiger partial charge in [0.15, 0.2) is 0 Å². The van der Waals surface area contributed by atoms with Crippen LogP contribution in [0.1, 0.15) is 47.7 Å². The smallest absolute Gasteiger partial charge is 0.248 e. The number of rotatable bonds is 6. The van der Waals surface area contributed by atoms with Crippen LogP contribution in [-0.4, -0.2) is 78.4 Å². The number of nitrogens with zero attached hydrogens (tertiary/aromatic N) is 5. The highest BCUT2D eigenvalue weighted by Crippen LogP contribution is 2.34. The molecule has 1 aromatic carbocycles. The van der Waals surface area contributed by atoms with Crippen molar-refractivity contribution in [3.63, 3.8) is 0 Å². The first-order chi connectivity index (χ1) is 15.4. The highest BCUT2D eigenvalue weighted by molar-refractivity contribution is 5.94. The molecule has 2 aliphatic heterocycles. The number of anilines is 1. The van der Waals surface area contributed by atoms with Gasteiger partial charge in [0.05, 0.1) is 12.2 Å². The molecule has 2 aliphatic rings. The zero-order valence-corrected chi connectivity index (χ0v) is 19.0. The lowest BCUT2D eigenvalue weighted by atomic mass is 9.95. The summed E-state index contributed by atoms with van der Waals surface area (Å²) >= 11 is 0. The van der Waals surface area contributed by atoms with Crippen LogP contribution in [0.4, 0.5) is 5.95 Å². The van der Waals surface area contributed by atoms with Gasteiger partial charge in [-0.2, -0.15) is 0 Å². The topological polar surface area (TPSA) is 95.7 Å². The SMILES string of the molecule is CN(C)c1ncc(-c2cccc(C(N)=O)c2)c([C@H]2CCN(CC(=O)N3CCCCC3)C2)n1. The van der Waals surface area contributed by atoms with Gasteiger partial charge in [-0.05, 0) is 49.9 Å². The predicted molar refractivity (Wildman–Crippen MR) is 125 cm³/mol. The first-order valence-corrected chi connectivity index (χ1v) is 11.4. The number of carbonyl (C=O) groups excluding carboxylic acids is 2. The molecule has 8 heteroatoms. The second kappa shape index (κ2) is 9.65. The molecule has 2 saturated heterocycles. The van der Waals surface area contributed by atoms with E-state index >= 15 is 0 Å². The summed E-state index contributed by atoms with van der Waals surface area (Å²) in [5.74, 6) is 0.620. The van der Waals surface area contributed by atoms with Crippen LogP contribution in [0.2, 0.25) is 0 Å². The van der Waals surface area contributed by atoms with Crippen LogP contribution < -0.4 is 10.6 Å². The van der Waals surface area contributed by atoms with Crippen molar-refractivity contribution in [2.75, 3.05) is 51.7 Å². The highest BCUT2D eigenvalue weighted by Gasteiger charge is 2.30. The third-order valence-electron chi connectivity index (χ3n) is 6.39. The molecule has 2 amide bonds. The summed E-state index contributed by atoms with van der Waals surface area (Å²) in [4.78, 5) is 40.0. The zero-order valence-electron chi connectivity index (χ0n) is 19.0. The molecule has 0 radical (unpaired) electrons. The maximum absolute atomic E-state index is 12.7. The summed E-state index contributed by atoms with van der Waals surface area (Å²) in [6.07, 6.45) is 6.20. The molecule has 2 fully saturated rings. The number of aromatic nitrogens is 2. The van der Waals surface area contributed by atoms with Crippen LogP contribution in [0.5, 0.6) is 0 Å². The van der Waals surface area contributed by atoms with Gasteiger partial charge in [0, 0.05) is 57.0 Å². The third-order valence-corrected chi connectivity index (χ3v) is 6.39. The summed E-state index contributed by atoms with van der Waals surface area (Å²) in [7, 11) is 3.84. The van der Waals surface area contributed by atoms with E-state index in [1.54, 1.807) is 12.1 Å². The second-order valence-corrected chi connectivity index (χ2v) is 8.97. The lowest BCUT2D eigenvalue weighted by molar-refractivity contribution is -0.133. The van der Waals surface area contributed by atoms with Crippen LogP contribution in [-0.2, 0) is 4.79 Å². The quantitative estimate of drug-likeness (QED) is 0.745. The molecule has 1 aromatic heterocycles. The van der Waals surface area contributed by atoms with E-state index in [4.69, 9.17) is 10.7 Å². The van der Waals surface area contributed by atoms with Gasteiger partial charge in [-0.25, -0.2) is 9.97 Å². The Kier molecular flexibility index (Phi) is 6.69. The summed E-state index contributed by atoms with van der Waals surface area (Å²) in [6.45, 7) is 3.88. The molecule has 8 nitrogen and oxygen atoms in total. The van der Waals surface area contributed by atoms with E-state index in [0.29, 0.717) is 18.1 Å². The Morgan fingerprint density at radius 3 is 2.66 bits per heavy atom. The summed E-state index contributed by atoms with van der Waals surface area (Å²) in [5.41, 5.74) is 8.70. The average molecular weight is 437 g/mol. The molecule has 3 heterocycles. The first kappa shape index (κ1) is 22.2. The van der Waals surface area contributed by atoms with Crippen LogP contribution in [0.15, 0.2) is 30.5 Å². The molecule has 0 aliphatic carbocycles. The molecule has 1 atom stereocenters. The maximum Gasteiger partial charge on any atom is 0.248 e. The predicted octanol–water partition coefficient (Wildman–Crippen LogP) is 2.11. The van der Waals surface area contributed by atoms with E-state index in [1.807, 2.05) is 42.2 Å². The minimum atomic E-state index is -0.456. The highest BCUT2D eigenvalue weighted by atomic mass is 16.2. The lowest BCUT2D eigenvalue weighted by Gasteiger charge is -2.28. The Morgan fingerprint density at radius 1 is 1.16 bits per heavy atom. The van der Waals surface area contributed by atoms with Gasteiger partial charge in [0.2, 0.25) is 17.8 Å². The Bertz CT molecular complexity index is 986. The molecular weight excluding hydrogens is 404 g/mol. The van der Waals surface area contributed by atoms with Crippen molar-refractivity contribution in [2.45, 2.75) is 31.6 Å². The van der Waals surface area contributed by atoms with Crippen molar-refractivity contribution in [3.05, 3.63) is 41.7 Å². The molecular formula is C24H32N6O2. The molecule has 0 unspecified atom stereocenters. The number of hydrogen-bond acceptors (Lipinski definition) is 6. The number of amides is 2. The van der Waals surface area contributed by atoms with E-state index in [9.17, 15) is 9.59 Å². The zero-order chi connectivity index (χ0) is 22.7. The van der Waals surface area contributed by atoms with Crippen LogP contribution >= 0.6 is 0 Å². The van der Waals surface area contributed by atoms with Crippen molar-refractivity contribution in [2.24, 2.45) is 5.73 Å². The number of piperidine rings is 1. The van der Waals surface area contributed by atoms with Crippen LogP contribution in [0, 0.1) is 0 Å². The van der Waals surface area contributed by atoms with Crippen molar-refractivity contribution in [1.29, 1.82) is 0 Å². The fourth-order valence-electron chi connectivity index (χ4n) is 4.61. The molecule has 2 N–H and O–H groups in total. The molecule has 2 aromatic rings. The fraction of sp³-hybridized carbons (Fsp3) is 0.500. The van der Waals surface area contributed by atoms with E-state index in [2.05, 4.69) is 9.88 Å². The number of likely N-dealkylation sites (tertiary alicyclic amines) is 2. The number of benzene rings is 1. The molecule has 170 valence electrons. The van der Waals surface area contributed by atoms with Crippen LogP contribution in [0.3, 0.4) is 0 Å². The minimum absolute atomic E-state index is 0.193. The lowest BCUT2D eigenvalue weighted by Crippen LogP contribution is -2.42. The molecule has 0 bridgehead atoms. The first-order valence-electron chi connectivity index (χ1n) is 11.4. The molecule has 32 heavy (non-hydrogen) atoms. The number of hydrogen-bond donors (Lipinski definition) is 1. The number of carbonyl (C=O) groups is 2. The van der Waals surface area contributed by atoms with Gasteiger partial charge in [-0.1, -0.05) is 12.1 Å². The van der Waals surface area contributed by atoms with E-state index in [-0.39, 0.29) is 11.8 Å². The van der Waals surface area contributed by atoms with Crippen molar-refractivity contribution in [3.8, 4) is 11.1 Å². The Morgan fingerprint density at radius 2 is 1.94 bits per heavy atom. The van der Waals surface area contributed by atoms with E-state index < -0.39 is 5.91 Å². The molecule has 4 rings (SSSR count). The molecule has 0 saturated carbocycles. The monoisotopic (exact) mass is 436 g/mol. The molecule has 0 spiro atoms. The maximum atomic E-state index is 12.7. The van der Waals surface area contributed by atoms with E-state index in [1.165, 1.54) is 6.42 Å². The third kappa shape index (κ3) is 4.91. The number of primary amides is 1. The van der Waals surface area contributed by atoms with Crippen LogP contribution in [0.25, 0.3) is 11.1 Å². The summed E-state index contributed by atoms with van der Waals surface area (Å²) in [5, 5.41) is 0. The van der Waals surface area contributed by atoms with Gasteiger partial charge >= 0.3 is 0 Å². The summed E-state index contributed by atoms with van der Waals surface area (Å²) in [6, 6.07) is 7.30. The standard InChI is InChI=1S/C24H32N6O2/c1-28(2)24-26-14-20(17-7-6-8-18(13-17)23(25)32)22(27-24)19-9-12-29(15-19)16-21(31)30-10-4-3-5-11-30/h6-8,13-14,19H,3-5,9-12,15-16H2,1-2H3,(H2,25,32)/t19-/m0/s1. The Labute approximate surface area is 189 Å². The minimum Gasteiger partial charge on any atom is -0.366 e. The van der Waals surface area contributed by atoms with Crippen molar-refractivity contribution in [1.82, 2.24) is 19.8 Å².